The van der Waals surface area contributed by atoms with Crippen molar-refractivity contribution < 1.29 is 31.5 Å². The first-order chi connectivity index (χ1) is 18.8. The van der Waals surface area contributed by atoms with E-state index in [1.807, 2.05) is 0 Å². The molecule has 15 heteroatoms. The largest absolute Gasteiger partial charge is 0.417 e. The number of hydrogen-bond donors (Lipinski definition) is 4. The molecule has 40 heavy (non-hydrogen) atoms. The van der Waals surface area contributed by atoms with Crippen LogP contribution in [0.15, 0.2) is 47.3 Å². The molecule has 0 aromatic carbocycles. The molecule has 1 aliphatic carbocycles. The lowest BCUT2D eigenvalue weighted by Crippen LogP contribution is -2.36. The number of hydrazine groups is 1. The van der Waals surface area contributed by atoms with Gasteiger partial charge in [0.25, 0.3) is 11.5 Å². The molecule has 0 bridgehead atoms. The molecule has 2 heterocycles. The number of hydrogen-bond acceptors (Lipinski definition) is 7. The van der Waals surface area contributed by atoms with Crippen molar-refractivity contribution in [1.29, 1.82) is 0 Å². The Morgan fingerprint density at radius 3 is 2.58 bits per heavy atom. The Morgan fingerprint density at radius 1 is 1.25 bits per heavy atom. The summed E-state index contributed by atoms with van der Waals surface area (Å²) in [5, 5.41) is 5.57. The number of aromatic nitrogens is 2. The highest BCUT2D eigenvalue weighted by molar-refractivity contribution is 5.92. The monoisotopic (exact) mass is 571 g/mol. The highest BCUT2D eigenvalue weighted by Gasteiger charge is 2.30. The fourth-order valence-corrected chi connectivity index (χ4v) is 3.84. The summed E-state index contributed by atoms with van der Waals surface area (Å²) in [6.45, 7) is -0.808. The molecule has 1 unspecified atom stereocenters. The number of nitrogens with zero attached hydrogens (tertiary/aromatic N) is 3. The first-order valence-electron chi connectivity index (χ1n) is 12.4. The zero-order valence-electron chi connectivity index (χ0n) is 21.4. The molecule has 218 valence electrons. The SMILES string of the molecule is N/C(=C\N(N)CC(F)CCn1ccc(NC(=O)CC2CCC2)c(F)c1=O)C(=O)NCc1ccc(C(F)(F)F)cn1. The molecule has 0 radical (unpaired) electrons. The number of alkyl halides is 4. The summed E-state index contributed by atoms with van der Waals surface area (Å²) in [4.78, 5) is 40.1. The topological polar surface area (TPSA) is 148 Å². The average molecular weight is 572 g/mol. The van der Waals surface area contributed by atoms with Crippen LogP contribution in [-0.4, -0.2) is 39.1 Å². The third-order valence-corrected chi connectivity index (χ3v) is 6.32. The molecule has 2 aromatic heterocycles. The maximum Gasteiger partial charge on any atom is 0.417 e. The molecule has 0 aliphatic heterocycles. The Bertz CT molecular complexity index is 1280. The second-order valence-corrected chi connectivity index (χ2v) is 9.48. The van der Waals surface area contributed by atoms with Crippen molar-refractivity contribution in [3.8, 4) is 0 Å². The van der Waals surface area contributed by atoms with Crippen LogP contribution in [0.3, 0.4) is 0 Å². The van der Waals surface area contributed by atoms with E-state index in [1.54, 1.807) is 0 Å². The van der Waals surface area contributed by atoms with Gasteiger partial charge in [-0.1, -0.05) is 6.42 Å². The minimum absolute atomic E-state index is 0.151. The van der Waals surface area contributed by atoms with Crippen LogP contribution >= 0.6 is 0 Å². The number of nitrogens with one attached hydrogen (secondary N) is 2. The molecular formula is C25H30F5N7O3. The average Bonchev–Trinajstić information content (AvgIpc) is 2.86. The maximum absolute atomic E-state index is 14.5. The first kappa shape index (κ1) is 30.5. The van der Waals surface area contributed by atoms with E-state index >= 15 is 0 Å². The standard InChI is InChI=1S/C25H30F5N7O3/c26-17(6-8-36-9-7-20(22(27)24(36)40)35-21(38)10-15-2-1-3-15)13-37(32)14-19(31)23(39)34-12-18-5-4-16(11-33-18)25(28,29)30/h4-5,7,9,11,14-15,17H,1-3,6,8,10,12-13,31-32H2,(H,34,39)(H,35,38)/b19-14-. The number of amides is 2. The maximum atomic E-state index is 14.5. The molecule has 0 spiro atoms. The molecular weight excluding hydrogens is 541 g/mol. The molecule has 0 saturated heterocycles. The number of aryl methyl sites for hydroxylation is 1. The van der Waals surface area contributed by atoms with Gasteiger partial charge < -0.3 is 25.9 Å². The summed E-state index contributed by atoms with van der Waals surface area (Å²) >= 11 is 0. The van der Waals surface area contributed by atoms with Gasteiger partial charge in [-0.15, -0.1) is 0 Å². The molecule has 1 saturated carbocycles. The lowest BCUT2D eigenvalue weighted by molar-refractivity contribution is -0.137. The molecule has 2 amide bonds. The highest BCUT2D eigenvalue weighted by Crippen LogP contribution is 2.30. The van der Waals surface area contributed by atoms with Crippen molar-refractivity contribution in [2.45, 2.75) is 57.5 Å². The van der Waals surface area contributed by atoms with E-state index in [4.69, 9.17) is 11.6 Å². The molecule has 2 aromatic rings. The van der Waals surface area contributed by atoms with E-state index in [1.165, 1.54) is 12.3 Å². The van der Waals surface area contributed by atoms with Crippen molar-refractivity contribution >= 4 is 17.5 Å². The highest BCUT2D eigenvalue weighted by atomic mass is 19.4. The fourth-order valence-electron chi connectivity index (χ4n) is 3.84. The molecule has 1 aliphatic rings. The van der Waals surface area contributed by atoms with Gasteiger partial charge in [0.1, 0.15) is 11.9 Å². The van der Waals surface area contributed by atoms with Crippen LogP contribution < -0.4 is 27.8 Å². The van der Waals surface area contributed by atoms with Crippen molar-refractivity contribution in [1.82, 2.24) is 19.9 Å². The lowest BCUT2D eigenvalue weighted by atomic mass is 9.83. The number of rotatable bonds is 12. The summed E-state index contributed by atoms with van der Waals surface area (Å²) in [5.41, 5.74) is 3.22. The van der Waals surface area contributed by atoms with Gasteiger partial charge in [0, 0.05) is 31.6 Å². The van der Waals surface area contributed by atoms with Crippen LogP contribution in [0.2, 0.25) is 0 Å². The van der Waals surface area contributed by atoms with Gasteiger partial charge >= 0.3 is 6.18 Å². The van der Waals surface area contributed by atoms with Gasteiger partial charge in [0.15, 0.2) is 0 Å². The normalized spacial score (nSPS) is 14.8. The number of anilines is 1. The molecule has 6 N–H and O–H groups in total. The van der Waals surface area contributed by atoms with E-state index < -0.39 is 47.4 Å². The van der Waals surface area contributed by atoms with Gasteiger partial charge in [-0.05, 0) is 43.4 Å². The van der Waals surface area contributed by atoms with Crippen LogP contribution in [0.25, 0.3) is 0 Å². The number of carbonyl (C=O) groups excluding carboxylic acids is 2. The van der Waals surface area contributed by atoms with Crippen LogP contribution in [0, 0.1) is 11.7 Å². The van der Waals surface area contributed by atoms with Crippen LogP contribution in [0.1, 0.15) is 43.4 Å². The summed E-state index contributed by atoms with van der Waals surface area (Å²) in [6, 6.07) is 3.16. The minimum atomic E-state index is -4.54. The third kappa shape index (κ3) is 8.76. The van der Waals surface area contributed by atoms with E-state index in [0.717, 1.165) is 47.2 Å². The van der Waals surface area contributed by atoms with Gasteiger partial charge in [-0.3, -0.25) is 19.4 Å². The summed E-state index contributed by atoms with van der Waals surface area (Å²) < 4.78 is 67.7. The minimum Gasteiger partial charge on any atom is -0.393 e. The zero-order valence-corrected chi connectivity index (χ0v) is 21.4. The van der Waals surface area contributed by atoms with Crippen molar-refractivity contribution in [2.24, 2.45) is 17.5 Å². The predicted octanol–water partition coefficient (Wildman–Crippen LogP) is 2.55. The number of nitrogens with two attached hydrogens (primary N) is 2. The van der Waals surface area contributed by atoms with Gasteiger partial charge in [0.2, 0.25) is 11.7 Å². The smallest absolute Gasteiger partial charge is 0.393 e. The summed E-state index contributed by atoms with van der Waals surface area (Å²) in [5.74, 6) is 3.63. The Morgan fingerprint density at radius 2 is 1.98 bits per heavy atom. The zero-order chi connectivity index (χ0) is 29.4. The second kappa shape index (κ2) is 13.4. The predicted molar refractivity (Wildman–Crippen MR) is 135 cm³/mol. The van der Waals surface area contributed by atoms with E-state index in [-0.39, 0.29) is 49.1 Å². The number of pyridine rings is 2. The second-order valence-electron chi connectivity index (χ2n) is 9.48. The Balaban J connectivity index is 1.44. The van der Waals surface area contributed by atoms with Gasteiger partial charge in [-0.25, -0.2) is 10.2 Å². The summed E-state index contributed by atoms with van der Waals surface area (Å²) in [6.07, 6.45) is -0.280. The lowest BCUT2D eigenvalue weighted by Gasteiger charge is -2.24. The molecule has 1 fully saturated rings. The Kier molecular flexibility index (Phi) is 10.2. The molecule has 10 nitrogen and oxygen atoms in total. The summed E-state index contributed by atoms with van der Waals surface area (Å²) in [7, 11) is 0. The Hall–Kier alpha value is -4.01. The van der Waals surface area contributed by atoms with E-state index in [0.29, 0.717) is 6.20 Å². The van der Waals surface area contributed by atoms with E-state index in [9.17, 15) is 36.3 Å². The van der Waals surface area contributed by atoms with Crippen LogP contribution in [0.5, 0.6) is 0 Å². The van der Waals surface area contributed by atoms with Crippen molar-refractivity contribution in [2.75, 3.05) is 11.9 Å². The Labute approximate surface area is 226 Å². The van der Waals surface area contributed by atoms with Crippen LogP contribution in [0.4, 0.5) is 27.6 Å². The van der Waals surface area contributed by atoms with Gasteiger partial charge in [0.05, 0.1) is 30.0 Å². The fraction of sp³-hybridized carbons (Fsp3) is 0.440. The van der Waals surface area contributed by atoms with Crippen molar-refractivity contribution in [3.63, 3.8) is 0 Å². The van der Waals surface area contributed by atoms with Crippen molar-refractivity contribution in [3.05, 3.63) is 69.9 Å². The van der Waals surface area contributed by atoms with Gasteiger partial charge in [-0.2, -0.15) is 17.6 Å². The number of halogens is 5. The van der Waals surface area contributed by atoms with Crippen LogP contribution in [-0.2, 0) is 28.9 Å². The quantitative estimate of drug-likeness (QED) is 0.132. The third-order valence-electron chi connectivity index (χ3n) is 6.32. The first-order valence-corrected chi connectivity index (χ1v) is 12.4. The number of carbonyl (C=O) groups is 2. The van der Waals surface area contributed by atoms with E-state index in [2.05, 4.69) is 15.6 Å². The molecule has 1 atom stereocenters. The molecule has 3 rings (SSSR count).